The van der Waals surface area contributed by atoms with Gasteiger partial charge in [-0.05, 0) is 71.2 Å². The van der Waals surface area contributed by atoms with Gasteiger partial charge in [0.05, 0.1) is 30.7 Å². The van der Waals surface area contributed by atoms with E-state index in [1.54, 1.807) is 18.2 Å². The lowest BCUT2D eigenvalue weighted by molar-refractivity contribution is 0.0964. The molecule has 2 heterocycles. The summed E-state index contributed by atoms with van der Waals surface area (Å²) in [5.74, 6) is -0.354. The van der Waals surface area contributed by atoms with E-state index in [2.05, 4.69) is 5.32 Å². The molecular formula is C28H26BFN2O6S. The Morgan fingerprint density at radius 1 is 1.18 bits per heavy atom. The van der Waals surface area contributed by atoms with Crippen molar-refractivity contribution < 1.29 is 31.7 Å². The Balaban J connectivity index is 1.54. The zero-order valence-corrected chi connectivity index (χ0v) is 22.2. The highest BCUT2D eigenvalue weighted by Crippen LogP contribution is 2.48. The predicted octanol–water partition coefficient (Wildman–Crippen LogP) is 3.66. The van der Waals surface area contributed by atoms with E-state index in [-0.39, 0.29) is 30.7 Å². The molecule has 0 unspecified atom stereocenters. The van der Waals surface area contributed by atoms with Crippen molar-refractivity contribution in [2.75, 3.05) is 17.6 Å². The Kier molecular flexibility index (Phi) is 6.24. The van der Waals surface area contributed by atoms with Crippen molar-refractivity contribution >= 4 is 45.2 Å². The monoisotopic (exact) mass is 548 g/mol. The van der Waals surface area contributed by atoms with Gasteiger partial charge < -0.3 is 19.4 Å². The lowest BCUT2D eigenvalue weighted by Gasteiger charge is -2.26. The summed E-state index contributed by atoms with van der Waals surface area (Å²) in [6, 6.07) is 14.6. The number of sulfonamides is 1. The second-order valence-corrected chi connectivity index (χ2v) is 11.9. The Morgan fingerprint density at radius 2 is 1.92 bits per heavy atom. The van der Waals surface area contributed by atoms with Crippen LogP contribution in [0.25, 0.3) is 22.3 Å². The predicted molar refractivity (Wildman–Crippen MR) is 147 cm³/mol. The van der Waals surface area contributed by atoms with Gasteiger partial charge in [0.25, 0.3) is 5.91 Å². The molecule has 1 fully saturated rings. The molecule has 2 N–H and O–H groups in total. The van der Waals surface area contributed by atoms with Gasteiger partial charge in [0.15, 0.2) is 0 Å². The fourth-order valence-electron chi connectivity index (χ4n) is 5.24. The number of rotatable bonds is 7. The van der Waals surface area contributed by atoms with Crippen molar-refractivity contribution in [1.82, 2.24) is 5.32 Å². The topological polar surface area (TPSA) is 109 Å². The first-order chi connectivity index (χ1) is 18.7. The van der Waals surface area contributed by atoms with Crippen molar-refractivity contribution in [2.24, 2.45) is 0 Å². The lowest BCUT2D eigenvalue weighted by Crippen LogP contribution is -2.32. The first-order valence-corrected chi connectivity index (χ1v) is 14.5. The number of hydrogen-bond acceptors (Lipinski definition) is 6. The van der Waals surface area contributed by atoms with Crippen LogP contribution in [0.3, 0.4) is 0 Å². The number of halogens is 1. The van der Waals surface area contributed by atoms with E-state index < -0.39 is 23.0 Å². The second-order valence-electron chi connectivity index (χ2n) is 9.99. The van der Waals surface area contributed by atoms with Gasteiger partial charge in [-0.15, -0.1) is 0 Å². The van der Waals surface area contributed by atoms with Gasteiger partial charge in [0, 0.05) is 24.1 Å². The number of furan rings is 1. The van der Waals surface area contributed by atoms with Crippen LogP contribution in [0.5, 0.6) is 0 Å². The van der Waals surface area contributed by atoms with E-state index in [4.69, 9.17) is 9.07 Å². The maximum absolute atomic E-state index is 13.6. The lowest BCUT2D eigenvalue weighted by atomic mass is 9.78. The molecule has 4 aromatic rings. The van der Waals surface area contributed by atoms with Gasteiger partial charge in [-0.1, -0.05) is 18.2 Å². The normalized spacial score (nSPS) is 15.0. The van der Waals surface area contributed by atoms with Crippen LogP contribution in [0.4, 0.5) is 10.1 Å². The third kappa shape index (κ3) is 4.60. The standard InChI is InChI=1S/C28H26BFN2O6S/c1-31-28(33)26-21-12-20(16-6-7-16)24(13-25(21)38-27(26)17-8-10-19(30)11-9-17)32(39(2,35)36)14-18-4-3-5-23-22(18)15-37-29(23)34/h3-5,8-13,16,34H,6-7,14-15H2,1-2H3,(H,31,33). The Labute approximate surface area is 225 Å². The van der Waals surface area contributed by atoms with Crippen LogP contribution in [0, 0.1) is 5.82 Å². The Bertz CT molecular complexity index is 1720. The van der Waals surface area contributed by atoms with Crippen LogP contribution in [0.1, 0.15) is 45.8 Å². The number of carbonyl (C=O) groups is 1. The molecule has 1 aliphatic heterocycles. The van der Waals surface area contributed by atoms with Crippen LogP contribution in [0.15, 0.2) is 59.0 Å². The minimum atomic E-state index is -3.76. The highest BCUT2D eigenvalue weighted by Gasteiger charge is 2.35. The largest absolute Gasteiger partial charge is 0.491 e. The van der Waals surface area contributed by atoms with Gasteiger partial charge in [-0.25, -0.2) is 12.8 Å². The fourth-order valence-corrected chi connectivity index (χ4v) is 6.13. The molecule has 0 saturated heterocycles. The molecule has 1 amide bonds. The fraction of sp³-hybridized carbons (Fsp3) is 0.250. The molecule has 11 heteroatoms. The summed E-state index contributed by atoms with van der Waals surface area (Å²) in [6.45, 7) is 0.227. The maximum atomic E-state index is 13.6. The molecule has 0 bridgehead atoms. The molecule has 0 atom stereocenters. The number of fused-ring (bicyclic) bond motifs is 2. The quantitative estimate of drug-likeness (QED) is 0.342. The van der Waals surface area contributed by atoms with Crippen LogP contribution >= 0.6 is 0 Å². The molecule has 39 heavy (non-hydrogen) atoms. The second kappa shape index (κ2) is 9.51. The van der Waals surface area contributed by atoms with E-state index in [1.165, 1.54) is 35.6 Å². The summed E-state index contributed by atoms with van der Waals surface area (Å²) < 4.78 is 53.0. The number of amides is 1. The van der Waals surface area contributed by atoms with Crippen molar-refractivity contribution in [3.8, 4) is 11.3 Å². The summed E-state index contributed by atoms with van der Waals surface area (Å²) in [5.41, 5.74) is 4.60. The van der Waals surface area contributed by atoms with Crippen molar-refractivity contribution in [1.29, 1.82) is 0 Å². The first-order valence-electron chi connectivity index (χ1n) is 12.6. The average molecular weight is 548 g/mol. The van der Waals surface area contributed by atoms with E-state index in [9.17, 15) is 22.6 Å². The van der Waals surface area contributed by atoms with Crippen LogP contribution in [-0.2, 0) is 27.8 Å². The van der Waals surface area contributed by atoms with Gasteiger partial charge in [-0.2, -0.15) is 0 Å². The van der Waals surface area contributed by atoms with Crippen molar-refractivity contribution in [3.63, 3.8) is 0 Å². The molecule has 1 saturated carbocycles. The SMILES string of the molecule is CNC(=O)c1c(-c2ccc(F)cc2)oc2cc(N(Cc3cccc4c3COB4O)S(C)(=O)=O)c(C3CC3)cc12. The number of carbonyl (C=O) groups excluding carboxylic acids is 1. The van der Waals surface area contributed by atoms with Gasteiger partial charge >= 0.3 is 7.12 Å². The third-order valence-electron chi connectivity index (χ3n) is 7.36. The van der Waals surface area contributed by atoms with Gasteiger partial charge in [-0.3, -0.25) is 9.10 Å². The molecule has 1 aliphatic carbocycles. The minimum Gasteiger partial charge on any atom is -0.455 e. The maximum Gasteiger partial charge on any atom is 0.491 e. The molecule has 0 radical (unpaired) electrons. The highest BCUT2D eigenvalue weighted by molar-refractivity contribution is 7.92. The smallest absolute Gasteiger partial charge is 0.455 e. The number of hydrogen-bond donors (Lipinski definition) is 2. The third-order valence-corrected chi connectivity index (χ3v) is 8.49. The molecule has 2 aliphatic rings. The van der Waals surface area contributed by atoms with E-state index in [0.717, 1.165) is 35.8 Å². The number of nitrogens with one attached hydrogen (secondary N) is 1. The zero-order valence-electron chi connectivity index (χ0n) is 21.4. The molecule has 1 aromatic heterocycles. The molecular weight excluding hydrogens is 522 g/mol. The molecule has 8 nitrogen and oxygen atoms in total. The Hall–Kier alpha value is -3.67. The van der Waals surface area contributed by atoms with Gasteiger partial charge in [0.2, 0.25) is 10.0 Å². The summed E-state index contributed by atoms with van der Waals surface area (Å²) in [7, 11) is -3.27. The summed E-state index contributed by atoms with van der Waals surface area (Å²) in [6.07, 6.45) is 2.95. The minimum absolute atomic E-state index is 0.0388. The van der Waals surface area contributed by atoms with Crippen LogP contribution < -0.4 is 15.1 Å². The molecule has 0 spiro atoms. The summed E-state index contributed by atoms with van der Waals surface area (Å²) in [5, 5.41) is 13.4. The van der Waals surface area contributed by atoms with E-state index >= 15 is 0 Å². The first kappa shape index (κ1) is 25.6. The van der Waals surface area contributed by atoms with Crippen LogP contribution in [-0.4, -0.2) is 39.8 Å². The highest BCUT2D eigenvalue weighted by atomic mass is 32.2. The Morgan fingerprint density at radius 3 is 2.59 bits per heavy atom. The average Bonchev–Trinajstić information content (AvgIpc) is 3.59. The van der Waals surface area contributed by atoms with Crippen molar-refractivity contribution in [2.45, 2.75) is 31.9 Å². The zero-order chi connectivity index (χ0) is 27.5. The summed E-state index contributed by atoms with van der Waals surface area (Å²) in [4.78, 5) is 13.0. The summed E-state index contributed by atoms with van der Waals surface area (Å²) >= 11 is 0. The van der Waals surface area contributed by atoms with E-state index in [1.807, 2.05) is 12.1 Å². The number of anilines is 1. The molecule has 3 aromatic carbocycles. The van der Waals surface area contributed by atoms with Crippen molar-refractivity contribution in [3.05, 3.63) is 82.7 Å². The number of nitrogens with zero attached hydrogens (tertiary/aromatic N) is 1. The number of benzene rings is 3. The van der Waals surface area contributed by atoms with Crippen LogP contribution in [0.2, 0.25) is 0 Å². The van der Waals surface area contributed by atoms with E-state index in [0.29, 0.717) is 33.2 Å². The van der Waals surface area contributed by atoms with Gasteiger partial charge in [0.1, 0.15) is 17.2 Å². The molecule has 6 rings (SSSR count). The molecule has 200 valence electrons.